The first-order chi connectivity index (χ1) is 12.0. The zero-order valence-corrected chi connectivity index (χ0v) is 14.6. The average molecular weight is 341 g/mol. The molecule has 2 rings (SSSR count). The summed E-state index contributed by atoms with van der Waals surface area (Å²) in [5, 5.41) is 8.53. The van der Waals surface area contributed by atoms with Crippen LogP contribution in [0.4, 0.5) is 11.4 Å². The SMILES string of the molecule is CNC(=O)COc1cccc(NC(C)C(=O)Nc2ccccc2C)c1. The van der Waals surface area contributed by atoms with Gasteiger partial charge in [0.2, 0.25) is 5.91 Å². The Labute approximate surface area is 147 Å². The molecule has 0 aromatic heterocycles. The average Bonchev–Trinajstić information content (AvgIpc) is 2.61. The maximum atomic E-state index is 12.4. The third-order valence-electron chi connectivity index (χ3n) is 3.66. The molecule has 0 heterocycles. The van der Waals surface area contributed by atoms with E-state index < -0.39 is 6.04 Å². The number of hydrogen-bond acceptors (Lipinski definition) is 4. The molecule has 3 N–H and O–H groups in total. The van der Waals surface area contributed by atoms with Crippen molar-refractivity contribution in [3.63, 3.8) is 0 Å². The monoisotopic (exact) mass is 341 g/mol. The number of rotatable bonds is 7. The minimum atomic E-state index is -0.436. The lowest BCUT2D eigenvalue weighted by atomic mass is 10.2. The fraction of sp³-hybridized carbons (Fsp3) is 0.263. The third-order valence-corrected chi connectivity index (χ3v) is 3.66. The van der Waals surface area contributed by atoms with E-state index in [0.29, 0.717) is 5.75 Å². The Hall–Kier alpha value is -3.02. The van der Waals surface area contributed by atoms with Gasteiger partial charge in [-0.25, -0.2) is 0 Å². The molecule has 0 saturated carbocycles. The molecule has 25 heavy (non-hydrogen) atoms. The largest absolute Gasteiger partial charge is 0.484 e. The molecule has 0 aliphatic heterocycles. The number of carbonyl (C=O) groups is 2. The summed E-state index contributed by atoms with van der Waals surface area (Å²) in [4.78, 5) is 23.6. The van der Waals surface area contributed by atoms with E-state index in [1.165, 1.54) is 0 Å². The predicted molar refractivity (Wildman–Crippen MR) is 98.9 cm³/mol. The van der Waals surface area contributed by atoms with Gasteiger partial charge in [-0.2, -0.15) is 0 Å². The van der Waals surface area contributed by atoms with E-state index in [2.05, 4.69) is 16.0 Å². The molecule has 132 valence electrons. The van der Waals surface area contributed by atoms with Gasteiger partial charge in [-0.05, 0) is 37.6 Å². The first-order valence-corrected chi connectivity index (χ1v) is 8.06. The van der Waals surface area contributed by atoms with Crippen LogP contribution in [0.2, 0.25) is 0 Å². The fourth-order valence-corrected chi connectivity index (χ4v) is 2.17. The van der Waals surface area contributed by atoms with E-state index in [4.69, 9.17) is 4.74 Å². The van der Waals surface area contributed by atoms with Crippen LogP contribution in [0.5, 0.6) is 5.75 Å². The molecule has 6 heteroatoms. The fourth-order valence-electron chi connectivity index (χ4n) is 2.17. The normalized spacial score (nSPS) is 11.3. The van der Waals surface area contributed by atoms with Crippen molar-refractivity contribution in [1.82, 2.24) is 5.32 Å². The van der Waals surface area contributed by atoms with Gasteiger partial charge in [0.1, 0.15) is 11.8 Å². The second kappa shape index (κ2) is 8.73. The van der Waals surface area contributed by atoms with Crippen molar-refractivity contribution < 1.29 is 14.3 Å². The lowest BCUT2D eigenvalue weighted by molar-refractivity contribution is -0.122. The number of para-hydroxylation sites is 1. The molecule has 0 aliphatic carbocycles. The number of ether oxygens (including phenoxy) is 1. The first kappa shape index (κ1) is 18.3. The van der Waals surface area contributed by atoms with Crippen LogP contribution in [-0.2, 0) is 9.59 Å². The number of aryl methyl sites for hydroxylation is 1. The zero-order valence-electron chi connectivity index (χ0n) is 14.6. The van der Waals surface area contributed by atoms with E-state index in [0.717, 1.165) is 16.9 Å². The molecule has 6 nitrogen and oxygen atoms in total. The van der Waals surface area contributed by atoms with E-state index in [1.807, 2.05) is 37.3 Å². The Morgan fingerprint density at radius 2 is 1.88 bits per heavy atom. The number of anilines is 2. The van der Waals surface area contributed by atoms with Crippen molar-refractivity contribution in [1.29, 1.82) is 0 Å². The van der Waals surface area contributed by atoms with E-state index >= 15 is 0 Å². The highest BCUT2D eigenvalue weighted by atomic mass is 16.5. The summed E-state index contributed by atoms with van der Waals surface area (Å²) in [7, 11) is 1.55. The van der Waals surface area contributed by atoms with Gasteiger partial charge in [-0.3, -0.25) is 9.59 Å². The summed E-state index contributed by atoms with van der Waals surface area (Å²) < 4.78 is 5.40. The van der Waals surface area contributed by atoms with Gasteiger partial charge in [-0.1, -0.05) is 24.3 Å². The minimum Gasteiger partial charge on any atom is -0.484 e. The highest BCUT2D eigenvalue weighted by molar-refractivity contribution is 5.96. The van der Waals surface area contributed by atoms with E-state index in [9.17, 15) is 9.59 Å². The summed E-state index contributed by atoms with van der Waals surface area (Å²) in [6, 6.07) is 14.3. The van der Waals surface area contributed by atoms with Crippen LogP contribution in [0.1, 0.15) is 12.5 Å². The van der Waals surface area contributed by atoms with Gasteiger partial charge in [0, 0.05) is 24.5 Å². The Morgan fingerprint density at radius 3 is 2.60 bits per heavy atom. The Balaban J connectivity index is 1.95. The summed E-state index contributed by atoms with van der Waals surface area (Å²) in [5.41, 5.74) is 2.54. The van der Waals surface area contributed by atoms with Gasteiger partial charge in [-0.15, -0.1) is 0 Å². The van der Waals surface area contributed by atoms with Crippen molar-refractivity contribution in [3.8, 4) is 5.75 Å². The molecule has 1 atom stereocenters. The van der Waals surface area contributed by atoms with Gasteiger partial charge in [0.25, 0.3) is 5.91 Å². The topological polar surface area (TPSA) is 79.5 Å². The minimum absolute atomic E-state index is 0.0523. The van der Waals surface area contributed by atoms with Crippen LogP contribution in [0.15, 0.2) is 48.5 Å². The standard InChI is InChI=1S/C19H23N3O3/c1-13-7-4-5-10-17(13)22-19(24)14(2)21-15-8-6-9-16(11-15)25-12-18(23)20-3/h4-11,14,21H,12H2,1-3H3,(H,20,23)(H,22,24). The number of hydrogen-bond donors (Lipinski definition) is 3. The first-order valence-electron chi connectivity index (χ1n) is 8.06. The second-order valence-electron chi connectivity index (χ2n) is 5.66. The van der Waals surface area contributed by atoms with Crippen molar-refractivity contribution in [2.24, 2.45) is 0 Å². The molecular weight excluding hydrogens is 318 g/mol. The smallest absolute Gasteiger partial charge is 0.257 e. The van der Waals surface area contributed by atoms with Crippen molar-refractivity contribution in [2.75, 3.05) is 24.3 Å². The Morgan fingerprint density at radius 1 is 1.12 bits per heavy atom. The zero-order chi connectivity index (χ0) is 18.2. The predicted octanol–water partition coefficient (Wildman–Crippen LogP) is 2.56. The lowest BCUT2D eigenvalue weighted by Gasteiger charge is -2.17. The summed E-state index contributed by atoms with van der Waals surface area (Å²) >= 11 is 0. The van der Waals surface area contributed by atoms with Gasteiger partial charge in [0.15, 0.2) is 6.61 Å². The molecule has 1 unspecified atom stereocenters. The van der Waals surface area contributed by atoms with E-state index in [1.54, 1.807) is 32.2 Å². The number of likely N-dealkylation sites (N-methyl/N-ethyl adjacent to an activating group) is 1. The van der Waals surface area contributed by atoms with Gasteiger partial charge < -0.3 is 20.7 Å². The van der Waals surface area contributed by atoms with Crippen molar-refractivity contribution in [2.45, 2.75) is 19.9 Å². The molecule has 2 aromatic carbocycles. The summed E-state index contributed by atoms with van der Waals surface area (Å²) in [6.45, 7) is 3.68. The third kappa shape index (κ3) is 5.53. The van der Waals surface area contributed by atoms with Crippen LogP contribution in [0.25, 0.3) is 0 Å². The summed E-state index contributed by atoms with van der Waals surface area (Å²) in [5.74, 6) is 0.218. The van der Waals surface area contributed by atoms with Gasteiger partial charge in [0.05, 0.1) is 0 Å². The van der Waals surface area contributed by atoms with Crippen LogP contribution in [-0.4, -0.2) is 31.5 Å². The highest BCUT2D eigenvalue weighted by Gasteiger charge is 2.14. The number of benzene rings is 2. The second-order valence-corrected chi connectivity index (χ2v) is 5.66. The maximum Gasteiger partial charge on any atom is 0.257 e. The van der Waals surface area contributed by atoms with Crippen LogP contribution >= 0.6 is 0 Å². The quantitative estimate of drug-likeness (QED) is 0.723. The molecule has 0 spiro atoms. The molecule has 2 amide bonds. The Kier molecular flexibility index (Phi) is 6.39. The molecule has 0 bridgehead atoms. The molecule has 0 radical (unpaired) electrons. The molecule has 0 saturated heterocycles. The number of amides is 2. The molecular formula is C19H23N3O3. The lowest BCUT2D eigenvalue weighted by Crippen LogP contribution is -2.32. The van der Waals surface area contributed by atoms with Crippen LogP contribution in [0.3, 0.4) is 0 Å². The maximum absolute atomic E-state index is 12.4. The number of carbonyl (C=O) groups excluding carboxylic acids is 2. The molecule has 2 aromatic rings. The van der Waals surface area contributed by atoms with E-state index in [-0.39, 0.29) is 18.4 Å². The summed E-state index contributed by atoms with van der Waals surface area (Å²) in [6.07, 6.45) is 0. The van der Waals surface area contributed by atoms with Crippen molar-refractivity contribution >= 4 is 23.2 Å². The van der Waals surface area contributed by atoms with Crippen molar-refractivity contribution in [3.05, 3.63) is 54.1 Å². The number of nitrogens with one attached hydrogen (secondary N) is 3. The van der Waals surface area contributed by atoms with Crippen LogP contribution < -0.4 is 20.7 Å². The van der Waals surface area contributed by atoms with Crippen LogP contribution in [0, 0.1) is 6.92 Å². The Bertz CT molecular complexity index is 746. The highest BCUT2D eigenvalue weighted by Crippen LogP contribution is 2.19. The van der Waals surface area contributed by atoms with Gasteiger partial charge >= 0.3 is 0 Å². The molecule has 0 fully saturated rings. The molecule has 0 aliphatic rings.